The summed E-state index contributed by atoms with van der Waals surface area (Å²) in [6.45, 7) is 4.97. The molecule has 1 fully saturated rings. The number of hydrogen-bond acceptors (Lipinski definition) is 5. The van der Waals surface area contributed by atoms with E-state index < -0.39 is 18.2 Å². The number of esters is 1. The Kier molecular flexibility index (Phi) is 7.50. The summed E-state index contributed by atoms with van der Waals surface area (Å²) in [5.74, 6) is -0.473. The van der Waals surface area contributed by atoms with Gasteiger partial charge in [-0.05, 0) is 24.3 Å². The van der Waals surface area contributed by atoms with Crippen molar-refractivity contribution in [2.45, 2.75) is 45.3 Å². The topological polar surface area (TPSA) is 77.4 Å². The number of rotatable bonds is 9. The Morgan fingerprint density at radius 2 is 2.19 bits per heavy atom. The van der Waals surface area contributed by atoms with Gasteiger partial charge in [0.2, 0.25) is 0 Å². The molecule has 0 spiro atoms. The minimum absolute atomic E-state index is 0.128. The molecule has 0 aliphatic carbocycles. The zero-order valence-electron chi connectivity index (χ0n) is 15.3. The van der Waals surface area contributed by atoms with Crippen molar-refractivity contribution in [3.8, 4) is 0 Å². The van der Waals surface area contributed by atoms with Gasteiger partial charge in [-0.2, -0.15) is 0 Å². The molecule has 0 bridgehead atoms. The molecule has 1 aromatic rings. The molecule has 144 valence electrons. The number of carbonyl (C=O) groups excluding carboxylic acids is 2. The van der Waals surface area contributed by atoms with Crippen LogP contribution < -0.4 is 10.9 Å². The smallest absolute Gasteiger partial charge is 0.329 e. The van der Waals surface area contributed by atoms with E-state index in [2.05, 4.69) is 5.32 Å². The molecule has 1 saturated heterocycles. The average molecular weight is 366 g/mol. The number of aromatic nitrogens is 1. The fourth-order valence-corrected chi connectivity index (χ4v) is 3.17. The lowest BCUT2D eigenvalue weighted by atomic mass is 10.0. The predicted molar refractivity (Wildman–Crippen MR) is 95.8 cm³/mol. The maximum absolute atomic E-state index is 13.6. The highest BCUT2D eigenvalue weighted by molar-refractivity contribution is 5.74. The van der Waals surface area contributed by atoms with Crippen LogP contribution in [0, 0.1) is 11.8 Å². The van der Waals surface area contributed by atoms with Gasteiger partial charge in [-0.25, -0.2) is 9.18 Å². The Morgan fingerprint density at radius 3 is 2.81 bits per heavy atom. The van der Waals surface area contributed by atoms with Gasteiger partial charge in [0, 0.05) is 37.7 Å². The van der Waals surface area contributed by atoms with Crippen LogP contribution in [0.4, 0.5) is 4.39 Å². The van der Waals surface area contributed by atoms with E-state index in [1.165, 1.54) is 10.6 Å². The van der Waals surface area contributed by atoms with Crippen LogP contribution >= 0.6 is 0 Å². The summed E-state index contributed by atoms with van der Waals surface area (Å²) in [6.07, 6.45) is 2.46. The van der Waals surface area contributed by atoms with E-state index in [-0.39, 0.29) is 30.4 Å². The van der Waals surface area contributed by atoms with Gasteiger partial charge in [-0.15, -0.1) is 0 Å². The van der Waals surface area contributed by atoms with Crippen molar-refractivity contribution in [2.75, 3.05) is 19.7 Å². The Bertz CT molecular complexity index is 674. The Morgan fingerprint density at radius 1 is 1.42 bits per heavy atom. The van der Waals surface area contributed by atoms with Crippen molar-refractivity contribution >= 4 is 12.3 Å². The lowest BCUT2D eigenvalue weighted by Gasteiger charge is -2.21. The molecular weight excluding hydrogens is 339 g/mol. The van der Waals surface area contributed by atoms with Crippen LogP contribution in [0.1, 0.15) is 38.3 Å². The quantitative estimate of drug-likeness (QED) is 0.531. The second-order valence-electron chi connectivity index (χ2n) is 7.19. The molecule has 26 heavy (non-hydrogen) atoms. The molecule has 0 aromatic carbocycles. The van der Waals surface area contributed by atoms with Crippen LogP contribution in [-0.4, -0.2) is 42.7 Å². The second-order valence-corrected chi connectivity index (χ2v) is 7.19. The van der Waals surface area contributed by atoms with E-state index in [0.717, 1.165) is 6.29 Å². The third kappa shape index (κ3) is 5.49. The second kappa shape index (κ2) is 9.62. The van der Waals surface area contributed by atoms with E-state index >= 15 is 0 Å². The number of hydrogen-bond donors (Lipinski definition) is 1. The maximum atomic E-state index is 13.6. The van der Waals surface area contributed by atoms with Crippen molar-refractivity contribution in [3.63, 3.8) is 0 Å². The van der Waals surface area contributed by atoms with Crippen LogP contribution in [0.2, 0.25) is 0 Å². The van der Waals surface area contributed by atoms with Crippen LogP contribution in [-0.2, 0) is 20.7 Å². The lowest BCUT2D eigenvalue weighted by Crippen LogP contribution is -2.32. The lowest BCUT2D eigenvalue weighted by molar-refractivity contribution is -0.148. The number of ether oxygens (including phenoxy) is 1. The van der Waals surface area contributed by atoms with E-state index in [0.29, 0.717) is 31.5 Å². The molecule has 0 radical (unpaired) electrons. The fraction of sp³-hybridized carbons (Fsp3) is 0.632. The van der Waals surface area contributed by atoms with Gasteiger partial charge in [0.1, 0.15) is 18.5 Å². The first-order valence-corrected chi connectivity index (χ1v) is 9.08. The number of aldehydes is 1. The summed E-state index contributed by atoms with van der Waals surface area (Å²) in [6, 6.07) is 2.19. The number of pyridine rings is 1. The van der Waals surface area contributed by atoms with Crippen LogP contribution in [0.15, 0.2) is 23.1 Å². The zero-order valence-corrected chi connectivity index (χ0v) is 15.3. The van der Waals surface area contributed by atoms with Crippen molar-refractivity contribution in [1.29, 1.82) is 0 Å². The number of nitrogens with zero attached hydrogens (tertiary/aromatic N) is 1. The molecule has 3 atom stereocenters. The van der Waals surface area contributed by atoms with Gasteiger partial charge < -0.3 is 19.4 Å². The average Bonchev–Trinajstić information content (AvgIpc) is 3.00. The van der Waals surface area contributed by atoms with Crippen molar-refractivity contribution in [1.82, 2.24) is 9.88 Å². The Labute approximate surface area is 152 Å². The van der Waals surface area contributed by atoms with E-state index in [9.17, 15) is 18.8 Å². The summed E-state index contributed by atoms with van der Waals surface area (Å²) in [4.78, 5) is 35.6. The molecule has 0 amide bonds. The van der Waals surface area contributed by atoms with E-state index in [1.54, 1.807) is 12.3 Å². The van der Waals surface area contributed by atoms with Gasteiger partial charge in [0.15, 0.2) is 0 Å². The molecule has 1 aliphatic heterocycles. The van der Waals surface area contributed by atoms with Crippen LogP contribution in [0.5, 0.6) is 0 Å². The number of carbonyl (C=O) groups is 2. The molecule has 0 saturated carbocycles. The number of nitrogens with one attached hydrogen (secondary N) is 1. The third-order valence-electron chi connectivity index (χ3n) is 4.61. The van der Waals surface area contributed by atoms with Gasteiger partial charge in [0.25, 0.3) is 5.56 Å². The SMILES string of the molecule is CC(C)CC(C(=O)OCCC1CNC[C@@H]1F)n1cc(CC=O)ccc1=O. The zero-order chi connectivity index (χ0) is 19.1. The Hall–Kier alpha value is -2.02. The van der Waals surface area contributed by atoms with Crippen molar-refractivity contribution in [3.05, 3.63) is 34.2 Å². The highest BCUT2D eigenvalue weighted by Crippen LogP contribution is 2.20. The fourth-order valence-electron chi connectivity index (χ4n) is 3.17. The normalized spacial score (nSPS) is 20.9. The standard InChI is InChI=1S/C19H27FN2O4/c1-13(2)9-17(22-12-14(5-7-23)3-4-18(22)24)19(25)26-8-6-15-10-21-11-16(15)20/h3-4,7,12-13,15-17,21H,5-6,8-11H2,1-2H3/t15?,16-,17?/m0/s1. The highest BCUT2D eigenvalue weighted by atomic mass is 19.1. The third-order valence-corrected chi connectivity index (χ3v) is 4.61. The molecule has 1 aromatic heterocycles. The predicted octanol–water partition coefficient (Wildman–Crippen LogP) is 1.67. The monoisotopic (exact) mass is 366 g/mol. The molecule has 2 unspecified atom stereocenters. The van der Waals surface area contributed by atoms with Gasteiger partial charge in [-0.1, -0.05) is 19.9 Å². The van der Waals surface area contributed by atoms with E-state index in [1.807, 2.05) is 13.8 Å². The summed E-state index contributed by atoms with van der Waals surface area (Å²) >= 11 is 0. The summed E-state index contributed by atoms with van der Waals surface area (Å²) in [7, 11) is 0. The van der Waals surface area contributed by atoms with Gasteiger partial charge in [0.05, 0.1) is 6.61 Å². The number of alkyl halides is 1. The highest BCUT2D eigenvalue weighted by Gasteiger charge is 2.28. The first kappa shape index (κ1) is 20.3. The minimum atomic E-state index is -0.914. The van der Waals surface area contributed by atoms with Crippen LogP contribution in [0.25, 0.3) is 0 Å². The first-order chi connectivity index (χ1) is 12.4. The molecule has 1 aliphatic rings. The maximum Gasteiger partial charge on any atom is 0.329 e. The molecule has 2 heterocycles. The molecule has 2 rings (SSSR count). The van der Waals surface area contributed by atoms with Crippen LogP contribution in [0.3, 0.4) is 0 Å². The van der Waals surface area contributed by atoms with E-state index in [4.69, 9.17) is 4.74 Å². The minimum Gasteiger partial charge on any atom is -0.464 e. The Balaban J connectivity index is 2.08. The molecule has 6 nitrogen and oxygen atoms in total. The van der Waals surface area contributed by atoms with Crippen molar-refractivity contribution < 1.29 is 18.7 Å². The molecule has 7 heteroatoms. The van der Waals surface area contributed by atoms with Gasteiger partial charge in [-0.3, -0.25) is 4.79 Å². The summed E-state index contributed by atoms with van der Waals surface area (Å²) < 4.78 is 20.3. The first-order valence-electron chi connectivity index (χ1n) is 9.08. The number of halogens is 1. The largest absolute Gasteiger partial charge is 0.464 e. The van der Waals surface area contributed by atoms with Gasteiger partial charge >= 0.3 is 5.97 Å². The molecule has 1 N–H and O–H groups in total. The van der Waals surface area contributed by atoms with Crippen molar-refractivity contribution in [2.24, 2.45) is 11.8 Å². The summed E-state index contributed by atoms with van der Waals surface area (Å²) in [5.41, 5.74) is 0.351. The molecular formula is C19H27FN2O4. The summed E-state index contributed by atoms with van der Waals surface area (Å²) in [5, 5.41) is 2.97.